The number of benzene rings is 10. The molecule has 15 heteroatoms. The molecule has 15 heterocycles. The number of fused-ring (bicyclic) bond motifs is 25. The maximum Gasteiger partial charge on any atom is 0.227 e. The quantitative estimate of drug-likeness (QED) is 0.115. The summed E-state index contributed by atoms with van der Waals surface area (Å²) in [5.74, 6) is 2.26. The number of rotatable bonds is 11. The number of hydrogen-bond acceptors (Lipinski definition) is 10. The molecule has 0 N–H and O–H groups in total. The molecule has 0 atom stereocenters. The highest BCUT2D eigenvalue weighted by Gasteiger charge is 2.34. The van der Waals surface area contributed by atoms with Crippen molar-refractivity contribution >= 4 is 164 Å². The maximum absolute atomic E-state index is 6.45. The van der Waals surface area contributed by atoms with Gasteiger partial charge in [0.25, 0.3) is 0 Å². The third-order valence-electron chi connectivity index (χ3n) is 31.9. The van der Waals surface area contributed by atoms with Crippen LogP contribution in [-0.4, -0.2) is 24.9 Å². The number of hydrogen-bond donors (Lipinski definition) is 0. The lowest BCUT2D eigenvalue weighted by atomic mass is 9.84. The van der Waals surface area contributed by atoms with Crippen molar-refractivity contribution in [3.8, 4) is 56.3 Å². The van der Waals surface area contributed by atoms with Crippen molar-refractivity contribution in [2.45, 2.75) is 166 Å². The van der Waals surface area contributed by atoms with Gasteiger partial charge in [0.15, 0.2) is 58.9 Å². The van der Waals surface area contributed by atoms with Crippen LogP contribution < -0.4 is 22.8 Å². The van der Waals surface area contributed by atoms with Crippen LogP contribution in [0.3, 0.4) is 0 Å². The molecular formula is C133H127N10O5+5. The molecule has 15 aromatic heterocycles. The Morgan fingerprint density at radius 1 is 0.277 bits per heavy atom. The summed E-state index contributed by atoms with van der Waals surface area (Å²) in [6.45, 7) is 26.6. The van der Waals surface area contributed by atoms with Crippen LogP contribution in [0.2, 0.25) is 0 Å². The predicted molar refractivity (Wildman–Crippen MR) is 605 cm³/mol. The van der Waals surface area contributed by atoms with E-state index in [-0.39, 0.29) is 5.41 Å². The molecule has 2 fully saturated rings. The van der Waals surface area contributed by atoms with Crippen LogP contribution in [0.25, 0.3) is 220 Å². The van der Waals surface area contributed by atoms with Crippen molar-refractivity contribution in [2.24, 2.45) is 53.0 Å². The van der Waals surface area contributed by atoms with Gasteiger partial charge in [-0.15, -0.1) is 0 Å². The van der Waals surface area contributed by atoms with Gasteiger partial charge in [-0.2, -0.15) is 0 Å². The number of furan rings is 5. The van der Waals surface area contributed by atoms with Crippen molar-refractivity contribution in [1.29, 1.82) is 0 Å². The van der Waals surface area contributed by atoms with Crippen LogP contribution in [0, 0.1) is 66.2 Å². The SMILES string of the molecule is Cc1c(-c2cc(CC(C)C)cc[n+]2C)c2oc3ncccc3c2c2ccccc12.Cc1c(-c2cc(CC3CCCC3)cc[n+]2C)c2oc3ncccc3c2c2ccccc12.Cc1c(-c2cc(CC3CCCCC3)cc[n+]2C)c2oc3ncccc3c2c2ccccc12.Cc1c(-c2ccc(C(C)(C)C)c[n+]2C)c2oc3ncccc3c2c2ccccc12.Cc1cc(-c2c(C)c3ccccc3c3c2oc2ncccc23)[n+](C)cc1C. The summed E-state index contributed by atoms with van der Waals surface area (Å²) in [6.07, 6.45) is 35.8. The minimum atomic E-state index is 0.104. The largest absolute Gasteiger partial charge is 0.437 e. The van der Waals surface area contributed by atoms with Gasteiger partial charge in [0.1, 0.15) is 35.2 Å². The van der Waals surface area contributed by atoms with Gasteiger partial charge in [-0.3, -0.25) is 0 Å². The Morgan fingerprint density at radius 3 is 0.838 bits per heavy atom. The molecular weight excluding hydrogens is 1820 g/mol. The lowest BCUT2D eigenvalue weighted by molar-refractivity contribution is -0.661. The molecule has 0 unspecified atom stereocenters. The zero-order valence-electron chi connectivity index (χ0n) is 88.0. The van der Waals surface area contributed by atoms with Gasteiger partial charge in [-0.1, -0.05) is 214 Å². The molecule has 2 aliphatic rings. The second-order valence-electron chi connectivity index (χ2n) is 43.1. The normalized spacial score (nSPS) is 13.3. The first kappa shape index (κ1) is 95.5. The molecule has 0 radical (unpaired) electrons. The van der Waals surface area contributed by atoms with E-state index < -0.39 is 0 Å². The van der Waals surface area contributed by atoms with E-state index in [0.29, 0.717) is 34.5 Å². The summed E-state index contributed by atoms with van der Waals surface area (Å²) in [7, 11) is 10.6. The van der Waals surface area contributed by atoms with Crippen molar-refractivity contribution in [3.63, 3.8) is 0 Å². The zero-order valence-corrected chi connectivity index (χ0v) is 88.0. The Bertz CT molecular complexity index is 9580. The molecule has 148 heavy (non-hydrogen) atoms. The lowest BCUT2D eigenvalue weighted by Crippen LogP contribution is -2.33. The van der Waals surface area contributed by atoms with Crippen LogP contribution in [0.1, 0.15) is 154 Å². The van der Waals surface area contributed by atoms with Crippen LogP contribution in [0.4, 0.5) is 0 Å². The van der Waals surface area contributed by atoms with E-state index in [0.717, 1.165) is 117 Å². The summed E-state index contributed by atoms with van der Waals surface area (Å²) in [5, 5.41) is 23.6. The average molecular weight is 1950 g/mol. The first-order chi connectivity index (χ1) is 71.9. The van der Waals surface area contributed by atoms with Crippen molar-refractivity contribution < 1.29 is 44.9 Å². The van der Waals surface area contributed by atoms with Gasteiger partial charge in [0.2, 0.25) is 57.0 Å². The topological polar surface area (TPSA) is 150 Å². The minimum Gasteiger partial charge on any atom is -0.437 e. The Morgan fingerprint density at radius 2 is 0.541 bits per heavy atom. The van der Waals surface area contributed by atoms with Gasteiger partial charge in [-0.25, -0.2) is 47.8 Å². The molecule has 10 aromatic carbocycles. The molecule has 0 spiro atoms. The van der Waals surface area contributed by atoms with E-state index >= 15 is 0 Å². The summed E-state index contributed by atoms with van der Waals surface area (Å²) < 4.78 is 43.0. The third-order valence-corrected chi connectivity index (χ3v) is 31.9. The smallest absolute Gasteiger partial charge is 0.227 e. The van der Waals surface area contributed by atoms with Crippen molar-refractivity contribution in [1.82, 2.24) is 24.9 Å². The molecule has 734 valence electrons. The second-order valence-corrected chi connectivity index (χ2v) is 43.1. The van der Waals surface area contributed by atoms with Gasteiger partial charge in [0.05, 0.1) is 27.8 Å². The highest BCUT2D eigenvalue weighted by molar-refractivity contribution is 6.28. The molecule has 0 aliphatic heterocycles. The van der Waals surface area contributed by atoms with Crippen LogP contribution in [0.5, 0.6) is 0 Å². The van der Waals surface area contributed by atoms with Gasteiger partial charge >= 0.3 is 0 Å². The molecule has 2 saturated carbocycles. The second kappa shape index (κ2) is 39.1. The minimum absolute atomic E-state index is 0.104. The van der Waals surface area contributed by atoms with E-state index in [1.165, 1.54) is 225 Å². The highest BCUT2D eigenvalue weighted by atomic mass is 16.4. The molecule has 0 saturated heterocycles. The average Bonchev–Trinajstić information content (AvgIpc) is 1.58. The molecule has 27 rings (SSSR count). The first-order valence-electron chi connectivity index (χ1n) is 52.7. The van der Waals surface area contributed by atoms with Gasteiger partial charge in [0, 0.05) is 145 Å². The summed E-state index contributed by atoms with van der Waals surface area (Å²) in [6, 6.07) is 84.2. The predicted octanol–water partition coefficient (Wildman–Crippen LogP) is 31.6. The fraction of sp³-hybridized carbons (Fsp3) is 0.248. The van der Waals surface area contributed by atoms with Crippen LogP contribution in [0.15, 0.2) is 321 Å². The molecule has 2 aliphatic carbocycles. The summed E-state index contributed by atoms with van der Waals surface area (Å²) >= 11 is 0. The molecule has 15 nitrogen and oxygen atoms in total. The Balaban J connectivity index is 0.000000102. The van der Waals surface area contributed by atoms with Crippen LogP contribution in [-0.2, 0) is 59.9 Å². The summed E-state index contributed by atoms with van der Waals surface area (Å²) in [5.41, 5.74) is 34.2. The first-order valence-corrected chi connectivity index (χ1v) is 52.7. The van der Waals surface area contributed by atoms with E-state index in [9.17, 15) is 0 Å². The van der Waals surface area contributed by atoms with E-state index in [4.69, 9.17) is 22.1 Å². The highest BCUT2D eigenvalue weighted by Crippen LogP contribution is 2.50. The van der Waals surface area contributed by atoms with E-state index in [1.54, 1.807) is 18.6 Å². The molecule has 25 aromatic rings. The fourth-order valence-electron chi connectivity index (χ4n) is 24.2. The van der Waals surface area contributed by atoms with Crippen molar-refractivity contribution in [2.75, 3.05) is 0 Å². The monoisotopic (exact) mass is 1940 g/mol. The van der Waals surface area contributed by atoms with E-state index in [1.807, 2.05) is 42.7 Å². The fourth-order valence-corrected chi connectivity index (χ4v) is 24.2. The number of nitrogens with zero attached hydrogens (tertiary/aromatic N) is 10. The Kier molecular flexibility index (Phi) is 25.2. The lowest BCUT2D eigenvalue weighted by Gasteiger charge is -2.21. The molecule has 0 bridgehead atoms. The maximum atomic E-state index is 6.45. The summed E-state index contributed by atoms with van der Waals surface area (Å²) in [4.78, 5) is 22.5. The Hall–Kier alpha value is -16.0. The number of pyridine rings is 10. The number of aromatic nitrogens is 10. The van der Waals surface area contributed by atoms with Crippen LogP contribution >= 0.6 is 0 Å². The Labute approximate surface area is 862 Å². The van der Waals surface area contributed by atoms with Gasteiger partial charge in [-0.05, 0) is 262 Å². The van der Waals surface area contributed by atoms with Gasteiger partial charge < -0.3 is 22.1 Å². The molecule has 0 amide bonds. The van der Waals surface area contributed by atoms with Crippen molar-refractivity contribution in [3.05, 3.63) is 360 Å². The zero-order chi connectivity index (χ0) is 102. The third kappa shape index (κ3) is 17.2. The van der Waals surface area contributed by atoms with E-state index in [2.05, 4.69) is 403 Å². The number of aryl methyl sites for hydroxylation is 12. The standard InChI is InChI=1S/C29H29N2O.C28H27N2O.2C26H25N2O.C24H21N2O/c1-19-22-11-6-7-12-23(22)27-24-13-8-15-30-29(24)32-28(27)26(19)25-18-21(14-16-31(25)2)17-20-9-4-3-5-10-20;1-18-21-10-5-6-11-22(21)26-23-12-7-14-29-28(23)31-27(26)25(18)24-17-20(13-15-30(24)2)16-19-8-3-4-9-19;1-16-18-9-6-7-10-19(18)23-20-11-8-14-27-25(20)29-24(23)22(16)21-13-12-17(15-28(21)5)26(2,3)4;1-16(2)14-18-11-13-28(4)22(15-18)23-17(3)19-8-5-6-9-20(19)24-21-10-7-12-27-26(21)29-25(23)24;1-14-12-20(26(4)13-15(14)2)21-16(3)17-8-5-6-9-18(17)22-19-10-7-11-25-24(19)27-23(21)22/h6-8,11-16,18,20H,3-5,9-10,17H2,1-2H3;5-7,10-15,17,19H,3-4,8-9,16H2,1-2H3;6-15H,1-5H3;5-13,15-16H,14H2,1-4H3;5-13H,1-4H3/q5*+1.